The van der Waals surface area contributed by atoms with E-state index in [2.05, 4.69) is 4.98 Å². The van der Waals surface area contributed by atoms with Gasteiger partial charge in [0.15, 0.2) is 5.76 Å². The standard InChI is InChI=1S/C23H19FN2O4S/c1-12-22(31-13(2)25-12)20(27)18-19(14-7-9-15(24)10-8-14)26(23(29)21(18)28)16-5-4-6-17(11-16)30-3/h4-11,19,28H,1-3H3. The summed E-state index contributed by atoms with van der Waals surface area (Å²) in [6.45, 7) is 3.49. The summed E-state index contributed by atoms with van der Waals surface area (Å²) in [6.07, 6.45) is 0. The van der Waals surface area contributed by atoms with E-state index in [1.54, 1.807) is 38.1 Å². The van der Waals surface area contributed by atoms with Gasteiger partial charge in [0, 0.05) is 11.8 Å². The van der Waals surface area contributed by atoms with E-state index in [0.29, 0.717) is 32.6 Å². The maximum absolute atomic E-state index is 13.6. The van der Waals surface area contributed by atoms with Gasteiger partial charge >= 0.3 is 0 Å². The highest BCUT2D eigenvalue weighted by molar-refractivity contribution is 7.14. The van der Waals surface area contributed by atoms with Gasteiger partial charge < -0.3 is 9.84 Å². The van der Waals surface area contributed by atoms with Crippen LogP contribution in [-0.2, 0) is 4.79 Å². The second kappa shape index (κ2) is 7.96. The summed E-state index contributed by atoms with van der Waals surface area (Å²) in [4.78, 5) is 32.6. The Morgan fingerprint density at radius 1 is 1.19 bits per heavy atom. The molecule has 1 unspecified atom stereocenters. The highest BCUT2D eigenvalue weighted by atomic mass is 32.1. The molecule has 6 nitrogen and oxygen atoms in total. The van der Waals surface area contributed by atoms with E-state index in [9.17, 15) is 19.1 Å². The average molecular weight is 438 g/mol. The number of halogens is 1. The van der Waals surface area contributed by atoms with Crippen LogP contribution in [0.25, 0.3) is 0 Å². The Labute approximate surface area is 182 Å². The van der Waals surface area contributed by atoms with E-state index in [-0.39, 0.29) is 5.57 Å². The van der Waals surface area contributed by atoms with E-state index >= 15 is 0 Å². The molecule has 0 spiro atoms. The normalized spacial score (nSPS) is 16.2. The van der Waals surface area contributed by atoms with E-state index in [1.807, 2.05) is 0 Å². The molecule has 2 heterocycles. The first kappa shape index (κ1) is 20.7. The largest absolute Gasteiger partial charge is 0.503 e. The number of ether oxygens (including phenoxy) is 1. The van der Waals surface area contributed by atoms with E-state index in [0.717, 1.165) is 0 Å². The molecular weight excluding hydrogens is 419 g/mol. The number of aliphatic hydroxyl groups is 1. The molecule has 0 saturated carbocycles. The quantitative estimate of drug-likeness (QED) is 0.585. The third-order valence-corrected chi connectivity index (χ3v) is 6.15. The Morgan fingerprint density at radius 2 is 1.90 bits per heavy atom. The van der Waals surface area contributed by atoms with Crippen molar-refractivity contribution in [2.45, 2.75) is 19.9 Å². The van der Waals surface area contributed by atoms with Crippen molar-refractivity contribution < 1.29 is 23.8 Å². The lowest BCUT2D eigenvalue weighted by molar-refractivity contribution is -0.117. The molecule has 158 valence electrons. The van der Waals surface area contributed by atoms with Crippen LogP contribution in [0.4, 0.5) is 10.1 Å². The minimum absolute atomic E-state index is 0.0637. The Balaban J connectivity index is 1.89. The third-order valence-electron chi connectivity index (χ3n) is 5.08. The third kappa shape index (κ3) is 3.59. The maximum atomic E-state index is 13.6. The van der Waals surface area contributed by atoms with Gasteiger partial charge in [-0.25, -0.2) is 9.37 Å². The fraction of sp³-hybridized carbons (Fsp3) is 0.174. The number of aromatic nitrogens is 1. The number of nitrogens with zero attached hydrogens (tertiary/aromatic N) is 2. The lowest BCUT2D eigenvalue weighted by Gasteiger charge is -2.27. The molecule has 2 aromatic carbocycles. The zero-order chi connectivity index (χ0) is 22.3. The van der Waals surface area contributed by atoms with Gasteiger partial charge in [0.1, 0.15) is 11.6 Å². The highest BCUT2D eigenvalue weighted by Gasteiger charge is 2.45. The van der Waals surface area contributed by atoms with Gasteiger partial charge in [-0.3, -0.25) is 14.5 Å². The van der Waals surface area contributed by atoms with Gasteiger partial charge in [-0.05, 0) is 43.7 Å². The molecule has 3 aromatic rings. The molecule has 0 fully saturated rings. The van der Waals surface area contributed by atoms with Crippen molar-refractivity contribution >= 4 is 28.7 Å². The van der Waals surface area contributed by atoms with Gasteiger partial charge in [-0.2, -0.15) is 0 Å². The molecular formula is C23H19FN2O4S. The smallest absolute Gasteiger partial charge is 0.294 e. The van der Waals surface area contributed by atoms with Gasteiger partial charge in [-0.1, -0.05) is 18.2 Å². The Kier molecular flexibility index (Phi) is 5.32. The van der Waals surface area contributed by atoms with Crippen molar-refractivity contribution in [3.63, 3.8) is 0 Å². The fourth-order valence-electron chi connectivity index (χ4n) is 3.69. The van der Waals surface area contributed by atoms with Gasteiger partial charge in [0.25, 0.3) is 5.91 Å². The molecule has 1 aliphatic heterocycles. The Bertz CT molecular complexity index is 1220. The summed E-state index contributed by atoms with van der Waals surface area (Å²) in [6, 6.07) is 11.3. The predicted octanol–water partition coefficient (Wildman–Crippen LogP) is 4.69. The molecule has 1 aromatic heterocycles. The molecule has 0 radical (unpaired) electrons. The fourth-order valence-corrected chi connectivity index (χ4v) is 4.56. The van der Waals surface area contributed by atoms with Crippen LogP contribution in [0, 0.1) is 19.7 Å². The van der Waals surface area contributed by atoms with Crippen LogP contribution < -0.4 is 9.64 Å². The molecule has 8 heteroatoms. The first-order valence-electron chi connectivity index (χ1n) is 9.46. The number of Topliss-reactive ketones (excluding diaryl/α,β-unsaturated/α-hetero) is 1. The van der Waals surface area contributed by atoms with Gasteiger partial charge in [-0.15, -0.1) is 11.3 Å². The average Bonchev–Trinajstić information content (AvgIpc) is 3.23. The number of aliphatic hydroxyl groups excluding tert-OH is 1. The summed E-state index contributed by atoms with van der Waals surface area (Å²) in [5.41, 5.74) is 1.39. The van der Waals surface area contributed by atoms with Gasteiger partial charge in [0.2, 0.25) is 5.78 Å². The number of hydrogen-bond acceptors (Lipinski definition) is 6. The molecule has 1 N–H and O–H groups in total. The van der Waals surface area contributed by atoms with Crippen LogP contribution in [-0.4, -0.2) is 28.9 Å². The number of carbonyl (C=O) groups is 2. The molecule has 1 atom stereocenters. The predicted molar refractivity (Wildman–Crippen MR) is 115 cm³/mol. The molecule has 1 amide bonds. The number of carbonyl (C=O) groups excluding carboxylic acids is 2. The number of anilines is 1. The molecule has 0 saturated heterocycles. The van der Waals surface area contributed by atoms with Crippen molar-refractivity contribution in [1.29, 1.82) is 0 Å². The second-order valence-electron chi connectivity index (χ2n) is 7.07. The van der Waals surface area contributed by atoms with Crippen LogP contribution in [0.3, 0.4) is 0 Å². The van der Waals surface area contributed by atoms with E-state index in [4.69, 9.17) is 4.74 Å². The van der Waals surface area contributed by atoms with Crippen LogP contribution in [0.5, 0.6) is 5.75 Å². The van der Waals surface area contributed by atoms with Crippen LogP contribution in [0.15, 0.2) is 59.9 Å². The van der Waals surface area contributed by atoms with Crippen molar-refractivity contribution in [3.05, 3.63) is 86.8 Å². The number of thiazole rings is 1. The van der Waals surface area contributed by atoms with E-state index < -0.39 is 29.3 Å². The van der Waals surface area contributed by atoms with Crippen LogP contribution in [0.1, 0.15) is 32.0 Å². The lowest BCUT2D eigenvalue weighted by Crippen LogP contribution is -2.31. The summed E-state index contributed by atoms with van der Waals surface area (Å²) < 4.78 is 18.8. The number of hydrogen-bond donors (Lipinski definition) is 1. The minimum atomic E-state index is -0.936. The van der Waals surface area contributed by atoms with Crippen LogP contribution >= 0.6 is 11.3 Å². The number of aryl methyl sites for hydroxylation is 2. The zero-order valence-electron chi connectivity index (χ0n) is 17.0. The van der Waals surface area contributed by atoms with Crippen molar-refractivity contribution in [3.8, 4) is 5.75 Å². The first-order valence-corrected chi connectivity index (χ1v) is 10.3. The lowest BCUT2D eigenvalue weighted by atomic mass is 9.94. The molecule has 4 rings (SSSR count). The topological polar surface area (TPSA) is 79.7 Å². The number of benzene rings is 2. The van der Waals surface area contributed by atoms with Crippen molar-refractivity contribution in [2.75, 3.05) is 12.0 Å². The minimum Gasteiger partial charge on any atom is -0.503 e. The second-order valence-corrected chi connectivity index (χ2v) is 8.27. The summed E-state index contributed by atoms with van der Waals surface area (Å²) in [5.74, 6) is -1.77. The zero-order valence-corrected chi connectivity index (χ0v) is 17.9. The number of methoxy groups -OCH3 is 1. The van der Waals surface area contributed by atoms with Crippen molar-refractivity contribution in [1.82, 2.24) is 4.98 Å². The monoisotopic (exact) mass is 438 g/mol. The van der Waals surface area contributed by atoms with Gasteiger partial charge in [0.05, 0.1) is 34.3 Å². The maximum Gasteiger partial charge on any atom is 0.294 e. The van der Waals surface area contributed by atoms with Crippen LogP contribution in [0.2, 0.25) is 0 Å². The van der Waals surface area contributed by atoms with Crippen molar-refractivity contribution in [2.24, 2.45) is 0 Å². The Hall–Kier alpha value is -3.52. The summed E-state index contributed by atoms with van der Waals surface area (Å²) in [7, 11) is 1.50. The molecule has 31 heavy (non-hydrogen) atoms. The number of amides is 1. The summed E-state index contributed by atoms with van der Waals surface area (Å²) in [5, 5.41) is 11.5. The SMILES string of the molecule is COc1cccc(N2C(=O)C(O)=C(C(=O)c3sc(C)nc3C)C2c2ccc(F)cc2)c1. The summed E-state index contributed by atoms with van der Waals surface area (Å²) >= 11 is 1.20. The van der Waals surface area contributed by atoms with E-state index in [1.165, 1.54) is 47.6 Å². The molecule has 0 aliphatic carbocycles. The number of ketones is 1. The Morgan fingerprint density at radius 3 is 2.52 bits per heavy atom. The molecule has 0 bridgehead atoms. The first-order chi connectivity index (χ1) is 14.8. The highest BCUT2D eigenvalue weighted by Crippen LogP contribution is 2.43. The number of rotatable bonds is 5. The molecule has 1 aliphatic rings.